The van der Waals surface area contributed by atoms with E-state index in [1.54, 1.807) is 7.05 Å². The van der Waals surface area contributed by atoms with Gasteiger partial charge in [-0.25, -0.2) is 0 Å². The number of nitrogens with zero attached hydrogens (tertiary/aromatic N) is 1. The van der Waals surface area contributed by atoms with Gasteiger partial charge in [0.05, 0.1) is 5.92 Å². The normalized spacial score (nSPS) is 21.8. The molecule has 1 fully saturated rings. The maximum Gasteiger partial charge on any atom is 0.235 e. The van der Waals surface area contributed by atoms with Crippen LogP contribution < -0.4 is 0 Å². The average molecular weight is 188 g/mol. The van der Waals surface area contributed by atoms with Gasteiger partial charge in [-0.05, 0) is 5.56 Å². The Labute approximate surface area is 82.9 Å². The molecule has 1 aromatic carbocycles. The van der Waals surface area contributed by atoms with Gasteiger partial charge in [0, 0.05) is 13.5 Å². The van der Waals surface area contributed by atoms with Gasteiger partial charge in [-0.2, -0.15) is 0 Å². The van der Waals surface area contributed by atoms with Crippen LogP contribution in [0.5, 0.6) is 0 Å². The van der Waals surface area contributed by atoms with E-state index in [1.807, 2.05) is 30.3 Å². The largest absolute Gasteiger partial charge is 0.303 e. The number of hydrogen-bond acceptors (Lipinski definition) is 2. The molecule has 1 amide bonds. The Morgan fingerprint density at radius 2 is 2.00 bits per heavy atom. The van der Waals surface area contributed by atoms with Crippen LogP contribution in [0, 0.1) is 5.41 Å². The zero-order chi connectivity index (χ0) is 10.1. The summed E-state index contributed by atoms with van der Waals surface area (Å²) in [6, 6.07) is 9.65. The Bertz CT molecular complexity index is 372. The van der Waals surface area contributed by atoms with Crippen molar-refractivity contribution >= 4 is 11.7 Å². The standard InChI is InChI=1S/C11H12N2O/c1-13-10(12)7-9(11(13)14)8-5-3-2-4-6-8/h2-6,9,12H,7H2,1H3. The second-order valence-corrected chi connectivity index (χ2v) is 3.51. The first-order valence-corrected chi connectivity index (χ1v) is 4.60. The Hall–Kier alpha value is -1.64. The minimum atomic E-state index is -0.145. The number of amidine groups is 1. The minimum Gasteiger partial charge on any atom is -0.303 e. The van der Waals surface area contributed by atoms with E-state index in [9.17, 15) is 4.79 Å². The van der Waals surface area contributed by atoms with Crippen LogP contribution >= 0.6 is 0 Å². The fourth-order valence-electron chi connectivity index (χ4n) is 1.73. The molecule has 1 unspecified atom stereocenters. The summed E-state index contributed by atoms with van der Waals surface area (Å²) >= 11 is 0. The van der Waals surface area contributed by atoms with Crippen molar-refractivity contribution in [1.29, 1.82) is 5.41 Å². The lowest BCUT2D eigenvalue weighted by molar-refractivity contribution is -0.126. The fraction of sp³-hybridized carbons (Fsp3) is 0.273. The monoisotopic (exact) mass is 188 g/mol. The number of carbonyl (C=O) groups excluding carboxylic acids is 1. The SMILES string of the molecule is CN1C(=N)CC(c2ccccc2)C1=O. The molecule has 0 radical (unpaired) electrons. The molecule has 0 aliphatic carbocycles. The van der Waals surface area contributed by atoms with Gasteiger partial charge in [-0.15, -0.1) is 0 Å². The van der Waals surface area contributed by atoms with Crippen molar-refractivity contribution in [2.24, 2.45) is 0 Å². The van der Waals surface area contributed by atoms with Gasteiger partial charge in [0.1, 0.15) is 5.84 Å². The van der Waals surface area contributed by atoms with Crippen LogP contribution in [0.25, 0.3) is 0 Å². The van der Waals surface area contributed by atoms with E-state index in [2.05, 4.69) is 0 Å². The van der Waals surface area contributed by atoms with Crippen molar-refractivity contribution in [1.82, 2.24) is 4.90 Å². The lowest BCUT2D eigenvalue weighted by Gasteiger charge is -2.09. The molecule has 1 aliphatic rings. The van der Waals surface area contributed by atoms with E-state index in [0.717, 1.165) is 5.56 Å². The van der Waals surface area contributed by atoms with Crippen LogP contribution in [0.4, 0.5) is 0 Å². The fourth-order valence-corrected chi connectivity index (χ4v) is 1.73. The van der Waals surface area contributed by atoms with Crippen molar-refractivity contribution in [2.45, 2.75) is 12.3 Å². The zero-order valence-electron chi connectivity index (χ0n) is 8.03. The smallest absolute Gasteiger partial charge is 0.235 e. The molecule has 1 heterocycles. The van der Waals surface area contributed by atoms with Gasteiger partial charge in [0.2, 0.25) is 5.91 Å². The predicted molar refractivity (Wildman–Crippen MR) is 54.3 cm³/mol. The van der Waals surface area contributed by atoms with Gasteiger partial charge in [0.25, 0.3) is 0 Å². The quantitative estimate of drug-likeness (QED) is 0.715. The number of benzene rings is 1. The number of amides is 1. The summed E-state index contributed by atoms with van der Waals surface area (Å²) in [7, 11) is 1.66. The van der Waals surface area contributed by atoms with Crippen molar-refractivity contribution in [3.63, 3.8) is 0 Å². The Balaban J connectivity index is 2.30. The van der Waals surface area contributed by atoms with Gasteiger partial charge in [0.15, 0.2) is 0 Å². The molecular weight excluding hydrogens is 176 g/mol. The van der Waals surface area contributed by atoms with Gasteiger partial charge in [-0.1, -0.05) is 30.3 Å². The first-order chi connectivity index (χ1) is 6.70. The molecule has 2 rings (SSSR count). The van der Waals surface area contributed by atoms with Crippen molar-refractivity contribution in [3.05, 3.63) is 35.9 Å². The second kappa shape index (κ2) is 3.25. The summed E-state index contributed by atoms with van der Waals surface area (Å²) in [5.74, 6) is 0.291. The van der Waals surface area contributed by atoms with E-state index in [1.165, 1.54) is 4.90 Å². The van der Waals surface area contributed by atoms with E-state index in [0.29, 0.717) is 12.3 Å². The van der Waals surface area contributed by atoms with Crippen molar-refractivity contribution in [2.75, 3.05) is 7.05 Å². The highest BCUT2D eigenvalue weighted by atomic mass is 16.2. The summed E-state index contributed by atoms with van der Waals surface area (Å²) in [6.45, 7) is 0. The Kier molecular flexibility index (Phi) is 2.08. The molecule has 1 saturated heterocycles. The molecule has 1 aliphatic heterocycles. The summed E-state index contributed by atoms with van der Waals surface area (Å²) in [4.78, 5) is 13.1. The molecule has 0 spiro atoms. The van der Waals surface area contributed by atoms with E-state index in [4.69, 9.17) is 5.41 Å². The highest BCUT2D eigenvalue weighted by molar-refractivity contribution is 6.07. The second-order valence-electron chi connectivity index (χ2n) is 3.51. The zero-order valence-corrected chi connectivity index (χ0v) is 8.03. The van der Waals surface area contributed by atoms with E-state index in [-0.39, 0.29) is 11.8 Å². The third kappa shape index (κ3) is 1.31. The third-order valence-electron chi connectivity index (χ3n) is 2.63. The Morgan fingerprint density at radius 3 is 2.50 bits per heavy atom. The molecule has 14 heavy (non-hydrogen) atoms. The molecule has 1 atom stereocenters. The summed E-state index contributed by atoms with van der Waals surface area (Å²) in [5.41, 5.74) is 1.01. The first kappa shape index (κ1) is 8.94. The number of hydrogen-bond donors (Lipinski definition) is 1. The van der Waals surface area contributed by atoms with Crippen LogP contribution in [0.15, 0.2) is 30.3 Å². The van der Waals surface area contributed by atoms with Crippen LogP contribution in [0.2, 0.25) is 0 Å². The molecular formula is C11H12N2O. The van der Waals surface area contributed by atoms with Gasteiger partial charge < -0.3 is 4.90 Å². The molecule has 0 bridgehead atoms. The summed E-state index contributed by atoms with van der Waals surface area (Å²) in [5, 5.41) is 7.57. The highest BCUT2D eigenvalue weighted by Gasteiger charge is 2.34. The lowest BCUT2D eigenvalue weighted by Crippen LogP contribution is -2.24. The first-order valence-electron chi connectivity index (χ1n) is 4.60. The van der Waals surface area contributed by atoms with E-state index < -0.39 is 0 Å². The number of likely N-dealkylation sites (tertiary alicyclic amines) is 1. The van der Waals surface area contributed by atoms with Crippen LogP contribution in [0.3, 0.4) is 0 Å². The van der Waals surface area contributed by atoms with Crippen molar-refractivity contribution in [3.8, 4) is 0 Å². The molecule has 3 heteroatoms. The van der Waals surface area contributed by atoms with Gasteiger partial charge in [-0.3, -0.25) is 10.2 Å². The molecule has 0 saturated carbocycles. The molecule has 1 aromatic rings. The number of likely N-dealkylation sites (N-methyl/N-ethyl adjacent to an activating group) is 1. The number of nitrogens with one attached hydrogen (secondary N) is 1. The Morgan fingerprint density at radius 1 is 1.36 bits per heavy atom. The molecule has 3 nitrogen and oxygen atoms in total. The van der Waals surface area contributed by atoms with E-state index >= 15 is 0 Å². The maximum absolute atomic E-state index is 11.7. The number of carbonyl (C=O) groups is 1. The third-order valence-corrected chi connectivity index (χ3v) is 2.63. The number of rotatable bonds is 1. The minimum absolute atomic E-state index is 0.0289. The van der Waals surface area contributed by atoms with Crippen LogP contribution in [0.1, 0.15) is 17.9 Å². The highest BCUT2D eigenvalue weighted by Crippen LogP contribution is 2.28. The van der Waals surface area contributed by atoms with Gasteiger partial charge >= 0.3 is 0 Å². The topological polar surface area (TPSA) is 44.2 Å². The average Bonchev–Trinajstić information content (AvgIpc) is 2.47. The molecule has 1 N–H and O–H groups in total. The van der Waals surface area contributed by atoms with Crippen molar-refractivity contribution < 1.29 is 4.79 Å². The van der Waals surface area contributed by atoms with Crippen LogP contribution in [-0.2, 0) is 4.79 Å². The molecule has 0 aromatic heterocycles. The predicted octanol–water partition coefficient (Wildman–Crippen LogP) is 1.61. The molecule has 72 valence electrons. The summed E-state index contributed by atoms with van der Waals surface area (Å²) < 4.78 is 0. The summed E-state index contributed by atoms with van der Waals surface area (Å²) in [6.07, 6.45) is 0.527. The van der Waals surface area contributed by atoms with Crippen LogP contribution in [-0.4, -0.2) is 23.7 Å². The lowest BCUT2D eigenvalue weighted by atomic mass is 9.98. The maximum atomic E-state index is 11.7.